The number of nitrogens with zero attached hydrogens (tertiary/aromatic N) is 1. The molecule has 2 bridgehead atoms. The smallest absolute Gasteiger partial charge is 0.329 e. The minimum Gasteiger partial charge on any atom is -0.481 e. The van der Waals surface area contributed by atoms with Crippen molar-refractivity contribution in [3.8, 4) is 0 Å². The van der Waals surface area contributed by atoms with Crippen LogP contribution in [0.15, 0.2) is 47.6 Å². The number of carbonyl (C=O) groups is 6. The second kappa shape index (κ2) is 27.1. The second-order valence-electron chi connectivity index (χ2n) is 20.7. The lowest BCUT2D eigenvalue weighted by atomic mass is 9.78. The lowest BCUT2D eigenvalue weighted by Crippen LogP contribution is -2.61. The third kappa shape index (κ3) is 15.8. The lowest BCUT2D eigenvalue weighted by molar-refractivity contribution is -0.265. The molecule has 0 unspecified atom stereocenters. The fourth-order valence-corrected chi connectivity index (χ4v) is 10.9. The Labute approximate surface area is 410 Å². The van der Waals surface area contributed by atoms with Crippen molar-refractivity contribution in [1.82, 2.24) is 4.90 Å². The van der Waals surface area contributed by atoms with Crippen LogP contribution in [0.5, 0.6) is 0 Å². The van der Waals surface area contributed by atoms with Crippen LogP contribution >= 0.6 is 0 Å². The molecule has 3 aliphatic heterocycles. The van der Waals surface area contributed by atoms with Gasteiger partial charge in [0.15, 0.2) is 5.78 Å². The summed E-state index contributed by atoms with van der Waals surface area (Å²) >= 11 is 0. The number of allylic oxidation sites excluding steroid dienone is 6. The Morgan fingerprint density at radius 3 is 2.28 bits per heavy atom. The predicted molar refractivity (Wildman–Crippen MR) is 259 cm³/mol. The Balaban J connectivity index is 1.75. The van der Waals surface area contributed by atoms with E-state index in [-0.39, 0.29) is 67.7 Å². The Morgan fingerprint density at radius 1 is 0.884 bits per heavy atom. The molecule has 15 nitrogen and oxygen atoms in total. The number of ether oxygens (including phenoxy) is 5. The third-order valence-corrected chi connectivity index (χ3v) is 15.3. The van der Waals surface area contributed by atoms with Gasteiger partial charge in [0.05, 0.1) is 24.4 Å². The average Bonchev–Trinajstić information content (AvgIpc) is 3.31. The molecule has 69 heavy (non-hydrogen) atoms. The third-order valence-electron chi connectivity index (χ3n) is 15.3. The zero-order valence-corrected chi connectivity index (χ0v) is 42.9. The van der Waals surface area contributed by atoms with Gasteiger partial charge in [-0.1, -0.05) is 76.6 Å². The molecule has 3 heterocycles. The number of methoxy groups -OCH3 is 3. The van der Waals surface area contributed by atoms with E-state index in [4.69, 9.17) is 23.7 Å². The molecular weight excluding hydrogens is 887 g/mol. The van der Waals surface area contributed by atoms with Gasteiger partial charge >= 0.3 is 11.9 Å². The number of carboxylic acids is 1. The maximum atomic E-state index is 14.5. The van der Waals surface area contributed by atoms with Gasteiger partial charge < -0.3 is 43.9 Å². The number of carbonyl (C=O) groups excluding carboxylic acids is 5. The van der Waals surface area contributed by atoms with Crippen LogP contribution in [0.1, 0.15) is 138 Å². The summed E-state index contributed by atoms with van der Waals surface area (Å²) in [6.07, 6.45) is 12.5. The molecule has 4 aliphatic rings. The van der Waals surface area contributed by atoms with Gasteiger partial charge in [-0.15, -0.1) is 0 Å². The number of hydrogen-bond donors (Lipinski definition) is 3. The number of rotatable bonds is 9. The van der Waals surface area contributed by atoms with Gasteiger partial charge in [0, 0.05) is 70.8 Å². The van der Waals surface area contributed by atoms with Crippen molar-refractivity contribution < 1.29 is 67.8 Å². The number of amides is 1. The van der Waals surface area contributed by atoms with E-state index in [2.05, 4.69) is 0 Å². The molecule has 0 aromatic rings. The van der Waals surface area contributed by atoms with Gasteiger partial charge in [-0.05, 0) is 108 Å². The molecule has 15 heteroatoms. The number of aliphatic carboxylic acids is 1. The molecular formula is C54H83NO14. The summed E-state index contributed by atoms with van der Waals surface area (Å²) in [5, 5.41) is 32.2. The molecule has 4 rings (SSSR count). The van der Waals surface area contributed by atoms with Crippen LogP contribution in [-0.2, 0) is 52.5 Å². The molecule has 1 amide bonds. The molecule has 388 valence electrons. The van der Waals surface area contributed by atoms with Crippen molar-refractivity contribution in [1.29, 1.82) is 0 Å². The molecule has 2 saturated heterocycles. The highest BCUT2D eigenvalue weighted by molar-refractivity contribution is 6.39. The Kier molecular flexibility index (Phi) is 22.7. The number of ketones is 3. The normalized spacial score (nSPS) is 37.5. The SMILES string of the molecule is CO[C@H]1C[C@@H]2CC[C@@H](C)[C@@](O)(O2)C(=O)C(=O)N2CCCC[C@H]2C(=O)O[C@H]([C@H](C)C[C@@H]2CC[C@@H](O)[C@H](OC)C2)CC(=O)[C@H](C)/C=C(\C)[C@@H](CCC(=O)O)[C@@H](OC)C(=O)[C@H](C)C[C@H](C)/C=C/C=CC=C1C. The zero-order chi connectivity index (χ0) is 51.2. The number of cyclic esters (lactones) is 1. The molecule has 3 fully saturated rings. The minimum atomic E-state index is -2.44. The van der Waals surface area contributed by atoms with E-state index in [1.54, 1.807) is 41.1 Å². The first-order valence-electron chi connectivity index (χ1n) is 25.4. The highest BCUT2D eigenvalue weighted by atomic mass is 16.6. The Hall–Kier alpha value is -3.86. The lowest BCUT2D eigenvalue weighted by Gasteiger charge is -2.42. The van der Waals surface area contributed by atoms with Crippen LogP contribution in [-0.4, -0.2) is 132 Å². The van der Waals surface area contributed by atoms with E-state index < -0.39 is 89.6 Å². The van der Waals surface area contributed by atoms with Gasteiger partial charge in [-0.25, -0.2) is 4.79 Å². The summed E-state index contributed by atoms with van der Waals surface area (Å²) in [5.41, 5.74) is 1.50. The summed E-state index contributed by atoms with van der Waals surface area (Å²) < 4.78 is 29.7. The summed E-state index contributed by atoms with van der Waals surface area (Å²) in [6.45, 7) is 12.9. The zero-order valence-electron chi connectivity index (χ0n) is 42.9. The van der Waals surface area contributed by atoms with Crippen molar-refractivity contribution >= 4 is 35.2 Å². The number of aliphatic hydroxyl groups is 2. The van der Waals surface area contributed by atoms with Crippen LogP contribution in [0.4, 0.5) is 0 Å². The summed E-state index contributed by atoms with van der Waals surface area (Å²) in [6, 6.07) is -1.16. The molecule has 0 spiro atoms. The van der Waals surface area contributed by atoms with Crippen LogP contribution in [0.3, 0.4) is 0 Å². The molecule has 1 aliphatic carbocycles. The number of carboxylic acid groups (broad SMARTS) is 1. The standard InChI is InChI=1S/C54H83NO14/c1-32-16-12-11-13-17-33(2)45(65-8)30-40-21-19-38(7)54(64,69-40)51(61)52(62)55-25-15-14-18-42(55)53(63)68-46(36(5)28-39-20-23-43(56)47(29-39)66-9)31-44(57)35(4)27-34(3)41(22-24-48(58)59)50(67-10)49(60)37(6)26-32/h11-13,16-17,27,32,35-43,45-47,50,56,64H,14-15,18-26,28-31H2,1-10H3,(H,58,59)/b13-11?,16-12+,33-17?,34-27+/t32-,35-,36-,37-,38-,39+,40+,41-,42+,43-,45+,46+,47-,50-,54-/m1/s1. The highest BCUT2D eigenvalue weighted by Gasteiger charge is 2.53. The quantitative estimate of drug-likeness (QED) is 0.118. The van der Waals surface area contributed by atoms with Gasteiger partial charge in [0.2, 0.25) is 5.79 Å². The van der Waals surface area contributed by atoms with Gasteiger partial charge in [0.1, 0.15) is 24.0 Å². The van der Waals surface area contributed by atoms with Gasteiger partial charge in [-0.3, -0.25) is 24.0 Å². The first-order chi connectivity index (χ1) is 32.6. The largest absolute Gasteiger partial charge is 0.481 e. The van der Waals surface area contributed by atoms with E-state index >= 15 is 0 Å². The van der Waals surface area contributed by atoms with E-state index in [0.717, 1.165) is 5.57 Å². The van der Waals surface area contributed by atoms with Crippen molar-refractivity contribution in [2.75, 3.05) is 27.9 Å². The molecule has 1 saturated carbocycles. The summed E-state index contributed by atoms with van der Waals surface area (Å²) in [4.78, 5) is 84.6. The first-order valence-corrected chi connectivity index (χ1v) is 25.4. The molecule has 0 radical (unpaired) electrons. The predicted octanol–water partition coefficient (Wildman–Crippen LogP) is 7.30. The van der Waals surface area contributed by atoms with Crippen LogP contribution in [0.2, 0.25) is 0 Å². The van der Waals surface area contributed by atoms with Crippen molar-refractivity contribution in [3.63, 3.8) is 0 Å². The van der Waals surface area contributed by atoms with Crippen LogP contribution in [0, 0.1) is 41.4 Å². The molecule has 0 aromatic carbocycles. The fraction of sp³-hybridized carbons (Fsp3) is 0.741. The molecule has 15 atom stereocenters. The van der Waals surface area contributed by atoms with Crippen molar-refractivity contribution in [2.45, 2.75) is 187 Å². The number of esters is 1. The monoisotopic (exact) mass is 970 g/mol. The topological polar surface area (TPSA) is 212 Å². The Morgan fingerprint density at radius 2 is 1.61 bits per heavy atom. The number of piperidine rings is 1. The maximum absolute atomic E-state index is 14.5. The second-order valence-corrected chi connectivity index (χ2v) is 20.7. The van der Waals surface area contributed by atoms with Gasteiger partial charge in [0.25, 0.3) is 11.7 Å². The number of aliphatic hydroxyl groups excluding tert-OH is 1. The van der Waals surface area contributed by atoms with Crippen LogP contribution < -0.4 is 0 Å². The summed E-state index contributed by atoms with van der Waals surface area (Å²) in [7, 11) is 4.57. The van der Waals surface area contributed by atoms with E-state index in [1.807, 2.05) is 58.1 Å². The van der Waals surface area contributed by atoms with Gasteiger partial charge in [-0.2, -0.15) is 0 Å². The molecule has 0 aromatic heterocycles. The summed E-state index contributed by atoms with van der Waals surface area (Å²) in [5.74, 6) is -9.63. The molecule has 3 N–H and O–H groups in total. The van der Waals surface area contributed by atoms with Crippen molar-refractivity contribution in [2.24, 2.45) is 41.4 Å². The van der Waals surface area contributed by atoms with E-state index in [9.17, 15) is 44.1 Å². The first kappa shape index (κ1) is 57.7. The van der Waals surface area contributed by atoms with E-state index in [1.165, 1.54) is 12.0 Å². The number of Topliss-reactive ketones (excluding diaryl/α,β-unsaturated/α-hetero) is 3. The van der Waals surface area contributed by atoms with Crippen LogP contribution in [0.25, 0.3) is 0 Å². The highest BCUT2D eigenvalue weighted by Crippen LogP contribution is 2.38. The Bertz CT molecular complexity index is 1890. The minimum absolute atomic E-state index is 0.00109. The number of fused-ring (bicyclic) bond motifs is 3. The van der Waals surface area contributed by atoms with E-state index in [0.29, 0.717) is 69.8 Å². The fourth-order valence-electron chi connectivity index (χ4n) is 10.9. The van der Waals surface area contributed by atoms with Crippen molar-refractivity contribution in [3.05, 3.63) is 47.6 Å². The number of hydrogen-bond acceptors (Lipinski definition) is 13. The average molecular weight is 970 g/mol. The maximum Gasteiger partial charge on any atom is 0.329 e.